The molecule has 0 bridgehead atoms. The number of thiophene rings is 1. The van der Waals surface area contributed by atoms with E-state index >= 15 is 0 Å². The number of amides is 1. The molecule has 1 aromatic heterocycles. The van der Waals surface area contributed by atoms with E-state index in [2.05, 4.69) is 24.5 Å². The first-order valence-corrected chi connectivity index (χ1v) is 9.88. The van der Waals surface area contributed by atoms with Gasteiger partial charge in [0.2, 0.25) is 6.79 Å². The average Bonchev–Trinajstić information content (AvgIpc) is 3.24. The summed E-state index contributed by atoms with van der Waals surface area (Å²) in [6, 6.07) is 6.40. The highest BCUT2D eigenvalue weighted by Crippen LogP contribution is 2.40. The number of hydrogen-bond donors (Lipinski definition) is 3. The van der Waals surface area contributed by atoms with Crippen molar-refractivity contribution in [2.24, 2.45) is 0 Å². The summed E-state index contributed by atoms with van der Waals surface area (Å²) in [6.07, 6.45) is 0.719. The SMILES string of the molecule is CC(C)[NH+]1CCc2c(sc3c2C(=O)N[C@@H](c2ccc4c(c2)OCO4)N3)C1. The van der Waals surface area contributed by atoms with Gasteiger partial charge in [0, 0.05) is 6.42 Å². The number of benzene rings is 1. The van der Waals surface area contributed by atoms with Crippen molar-refractivity contribution in [1.82, 2.24) is 5.32 Å². The van der Waals surface area contributed by atoms with Gasteiger partial charge >= 0.3 is 0 Å². The van der Waals surface area contributed by atoms with Gasteiger partial charge in [-0.1, -0.05) is 6.07 Å². The Labute approximate surface area is 156 Å². The number of fused-ring (bicyclic) bond motifs is 4. The largest absolute Gasteiger partial charge is 0.454 e. The van der Waals surface area contributed by atoms with E-state index in [4.69, 9.17) is 9.47 Å². The van der Waals surface area contributed by atoms with Gasteiger partial charge in [0.1, 0.15) is 17.7 Å². The fourth-order valence-corrected chi connectivity index (χ4v) is 5.29. The molecule has 1 aromatic carbocycles. The van der Waals surface area contributed by atoms with Gasteiger partial charge in [0.25, 0.3) is 5.91 Å². The molecule has 136 valence electrons. The molecule has 2 aromatic rings. The maximum absolute atomic E-state index is 12.8. The van der Waals surface area contributed by atoms with Gasteiger partial charge in [0.15, 0.2) is 11.5 Å². The maximum Gasteiger partial charge on any atom is 0.256 e. The minimum absolute atomic E-state index is 0.0203. The fourth-order valence-electron chi connectivity index (χ4n) is 3.96. The first kappa shape index (κ1) is 16.0. The van der Waals surface area contributed by atoms with Gasteiger partial charge in [-0.15, -0.1) is 11.3 Å². The molecule has 1 amide bonds. The molecular formula is C19H22N3O3S+. The Bertz CT molecular complexity index is 892. The predicted octanol–water partition coefficient (Wildman–Crippen LogP) is 1.68. The highest BCUT2D eigenvalue weighted by molar-refractivity contribution is 7.16. The van der Waals surface area contributed by atoms with Crippen molar-refractivity contribution < 1.29 is 19.2 Å². The zero-order valence-corrected chi connectivity index (χ0v) is 15.7. The maximum atomic E-state index is 12.8. The molecule has 0 aliphatic carbocycles. The summed E-state index contributed by atoms with van der Waals surface area (Å²) in [4.78, 5) is 15.8. The van der Waals surface area contributed by atoms with Crippen LogP contribution >= 0.6 is 11.3 Å². The first-order chi connectivity index (χ1) is 12.6. The lowest BCUT2D eigenvalue weighted by atomic mass is 9.99. The van der Waals surface area contributed by atoms with E-state index in [0.29, 0.717) is 6.04 Å². The van der Waals surface area contributed by atoms with Crippen molar-refractivity contribution in [2.45, 2.75) is 39.0 Å². The van der Waals surface area contributed by atoms with Crippen LogP contribution in [0, 0.1) is 0 Å². The molecule has 26 heavy (non-hydrogen) atoms. The number of rotatable bonds is 2. The number of ether oxygens (including phenoxy) is 2. The molecule has 2 atom stereocenters. The van der Waals surface area contributed by atoms with E-state index in [1.54, 1.807) is 16.2 Å². The van der Waals surface area contributed by atoms with Crippen LogP contribution in [-0.2, 0) is 13.0 Å². The second-order valence-electron chi connectivity index (χ2n) is 7.36. The standard InChI is InChI=1S/C19H21N3O3S/c1-10(2)22-6-5-12-15(8-22)26-19-16(12)18(23)20-17(21-19)11-3-4-13-14(7-11)25-9-24-13/h3-4,7,10,17,21H,5-6,8-9H2,1-2H3,(H,20,23)/p+1/t17-/m1/s1. The van der Waals surface area contributed by atoms with Crippen molar-refractivity contribution in [3.63, 3.8) is 0 Å². The summed E-state index contributed by atoms with van der Waals surface area (Å²) in [6.45, 7) is 6.86. The summed E-state index contributed by atoms with van der Waals surface area (Å²) >= 11 is 1.74. The molecule has 4 heterocycles. The summed E-state index contributed by atoms with van der Waals surface area (Å²) in [5.74, 6) is 1.50. The van der Waals surface area contributed by atoms with Crippen LogP contribution in [0.15, 0.2) is 18.2 Å². The number of carbonyl (C=O) groups is 1. The van der Waals surface area contributed by atoms with Crippen molar-refractivity contribution in [1.29, 1.82) is 0 Å². The zero-order valence-electron chi connectivity index (χ0n) is 14.8. The third-order valence-electron chi connectivity index (χ3n) is 5.50. The molecule has 0 spiro atoms. The molecule has 0 radical (unpaired) electrons. The van der Waals surface area contributed by atoms with Crippen LogP contribution in [0.25, 0.3) is 0 Å². The van der Waals surface area contributed by atoms with E-state index in [9.17, 15) is 4.79 Å². The van der Waals surface area contributed by atoms with Crippen molar-refractivity contribution >= 4 is 22.2 Å². The quantitative estimate of drug-likeness (QED) is 0.751. The lowest BCUT2D eigenvalue weighted by Crippen LogP contribution is -3.14. The van der Waals surface area contributed by atoms with Crippen LogP contribution in [0.3, 0.4) is 0 Å². The Kier molecular flexibility index (Phi) is 3.62. The average molecular weight is 372 g/mol. The number of carbonyl (C=O) groups excluding carboxylic acids is 1. The minimum atomic E-state index is -0.252. The Morgan fingerprint density at radius 1 is 1.23 bits per heavy atom. The van der Waals surface area contributed by atoms with Gasteiger partial charge in [-0.25, -0.2) is 0 Å². The van der Waals surface area contributed by atoms with E-state index in [0.717, 1.165) is 47.1 Å². The van der Waals surface area contributed by atoms with Crippen LogP contribution in [0.4, 0.5) is 5.00 Å². The van der Waals surface area contributed by atoms with Gasteiger partial charge in [0.05, 0.1) is 23.0 Å². The first-order valence-electron chi connectivity index (χ1n) is 9.06. The molecule has 3 N–H and O–H groups in total. The van der Waals surface area contributed by atoms with E-state index in [-0.39, 0.29) is 18.9 Å². The molecule has 1 unspecified atom stereocenters. The zero-order chi connectivity index (χ0) is 17.8. The van der Waals surface area contributed by atoms with Crippen molar-refractivity contribution in [3.8, 4) is 11.5 Å². The Hall–Kier alpha value is -2.25. The van der Waals surface area contributed by atoms with E-state index in [1.807, 2.05) is 18.2 Å². The summed E-state index contributed by atoms with van der Waals surface area (Å²) < 4.78 is 10.8. The van der Waals surface area contributed by atoms with Crippen molar-refractivity contribution in [3.05, 3.63) is 39.8 Å². The third-order valence-corrected chi connectivity index (χ3v) is 6.66. The Morgan fingerprint density at radius 2 is 2.08 bits per heavy atom. The number of hydrogen-bond acceptors (Lipinski definition) is 5. The summed E-state index contributed by atoms with van der Waals surface area (Å²) in [7, 11) is 0. The number of anilines is 1. The fraction of sp³-hybridized carbons (Fsp3) is 0.421. The lowest BCUT2D eigenvalue weighted by molar-refractivity contribution is -0.936. The Morgan fingerprint density at radius 3 is 2.92 bits per heavy atom. The van der Waals surface area contributed by atoms with Crippen LogP contribution in [0.2, 0.25) is 0 Å². The van der Waals surface area contributed by atoms with Crippen LogP contribution in [0.5, 0.6) is 11.5 Å². The molecule has 0 fully saturated rings. The normalized spacial score (nSPS) is 23.3. The van der Waals surface area contributed by atoms with E-state index in [1.165, 1.54) is 10.4 Å². The lowest BCUT2D eigenvalue weighted by Gasteiger charge is -2.28. The van der Waals surface area contributed by atoms with E-state index < -0.39 is 0 Å². The molecule has 0 saturated heterocycles. The molecule has 3 aliphatic rings. The summed E-state index contributed by atoms with van der Waals surface area (Å²) in [5.41, 5.74) is 3.06. The van der Waals surface area contributed by atoms with Gasteiger partial charge in [-0.2, -0.15) is 0 Å². The molecule has 7 heteroatoms. The van der Waals surface area contributed by atoms with Crippen LogP contribution < -0.4 is 25.0 Å². The minimum Gasteiger partial charge on any atom is -0.454 e. The molecule has 6 nitrogen and oxygen atoms in total. The number of quaternary nitrogens is 1. The smallest absolute Gasteiger partial charge is 0.256 e. The summed E-state index contributed by atoms with van der Waals surface area (Å²) in [5, 5.41) is 7.61. The highest BCUT2D eigenvalue weighted by atomic mass is 32.1. The molecular weight excluding hydrogens is 350 g/mol. The van der Waals surface area contributed by atoms with Crippen LogP contribution in [0.1, 0.15) is 46.4 Å². The second-order valence-corrected chi connectivity index (χ2v) is 8.47. The van der Waals surface area contributed by atoms with Gasteiger partial charge < -0.3 is 25.0 Å². The molecule has 5 rings (SSSR count). The third kappa shape index (κ3) is 2.46. The van der Waals surface area contributed by atoms with Crippen LogP contribution in [-0.4, -0.2) is 25.3 Å². The Balaban J connectivity index is 1.46. The molecule has 3 aliphatic heterocycles. The second kappa shape index (κ2) is 5.89. The van der Waals surface area contributed by atoms with Gasteiger partial charge in [-0.3, -0.25) is 4.79 Å². The predicted molar refractivity (Wildman–Crippen MR) is 99.1 cm³/mol. The number of nitrogens with one attached hydrogen (secondary N) is 3. The highest BCUT2D eigenvalue weighted by Gasteiger charge is 2.35. The monoisotopic (exact) mass is 372 g/mol. The van der Waals surface area contributed by atoms with Gasteiger partial charge in [-0.05, 0) is 37.1 Å². The molecule has 0 saturated carbocycles. The topological polar surface area (TPSA) is 64.0 Å². The van der Waals surface area contributed by atoms with Crippen molar-refractivity contribution in [2.75, 3.05) is 18.7 Å².